The third kappa shape index (κ3) is 3.08. The van der Waals surface area contributed by atoms with Gasteiger partial charge in [-0.2, -0.15) is 0 Å². The predicted octanol–water partition coefficient (Wildman–Crippen LogP) is 3.58. The van der Waals surface area contributed by atoms with Crippen molar-refractivity contribution in [3.63, 3.8) is 0 Å². The minimum atomic E-state index is -0.345. The van der Waals surface area contributed by atoms with Gasteiger partial charge in [0.15, 0.2) is 0 Å². The van der Waals surface area contributed by atoms with Crippen molar-refractivity contribution in [3.8, 4) is 5.75 Å². The van der Waals surface area contributed by atoms with Gasteiger partial charge in [-0.05, 0) is 24.7 Å². The van der Waals surface area contributed by atoms with E-state index in [-0.39, 0.29) is 11.9 Å². The SMILES string of the molecule is CCNC(c1ccc(Cl)cc1F)c1ccncc1OC. The van der Waals surface area contributed by atoms with E-state index in [1.807, 2.05) is 13.0 Å². The zero-order valence-corrected chi connectivity index (χ0v) is 12.1. The van der Waals surface area contributed by atoms with Crippen LogP contribution in [0.3, 0.4) is 0 Å². The molecule has 20 heavy (non-hydrogen) atoms. The summed E-state index contributed by atoms with van der Waals surface area (Å²) in [5, 5.41) is 3.64. The van der Waals surface area contributed by atoms with Crippen molar-refractivity contribution in [3.05, 3.63) is 58.6 Å². The smallest absolute Gasteiger partial charge is 0.142 e. The molecule has 1 atom stereocenters. The topological polar surface area (TPSA) is 34.2 Å². The summed E-state index contributed by atoms with van der Waals surface area (Å²) in [6, 6.07) is 6.19. The third-order valence-corrected chi connectivity index (χ3v) is 3.26. The molecule has 1 aromatic carbocycles. The molecule has 1 heterocycles. The minimum absolute atomic E-state index is 0.310. The number of nitrogens with zero attached hydrogens (tertiary/aromatic N) is 1. The Morgan fingerprint density at radius 2 is 2.15 bits per heavy atom. The molecule has 0 radical (unpaired) electrons. The fraction of sp³-hybridized carbons (Fsp3) is 0.267. The van der Waals surface area contributed by atoms with Crippen LogP contribution in [-0.2, 0) is 0 Å². The van der Waals surface area contributed by atoms with Gasteiger partial charge < -0.3 is 10.1 Å². The number of hydrogen-bond acceptors (Lipinski definition) is 3. The van der Waals surface area contributed by atoms with Gasteiger partial charge in [0.05, 0.1) is 19.3 Å². The molecule has 0 fully saturated rings. The van der Waals surface area contributed by atoms with Crippen LogP contribution < -0.4 is 10.1 Å². The quantitative estimate of drug-likeness (QED) is 0.915. The highest BCUT2D eigenvalue weighted by molar-refractivity contribution is 6.30. The maximum atomic E-state index is 14.2. The summed E-state index contributed by atoms with van der Waals surface area (Å²) in [5.41, 5.74) is 1.37. The molecule has 0 saturated heterocycles. The van der Waals surface area contributed by atoms with E-state index in [4.69, 9.17) is 16.3 Å². The van der Waals surface area contributed by atoms with Crippen LogP contribution in [0.25, 0.3) is 0 Å². The normalized spacial score (nSPS) is 12.2. The highest BCUT2D eigenvalue weighted by Crippen LogP contribution is 2.31. The molecule has 5 heteroatoms. The number of nitrogens with one attached hydrogen (secondary N) is 1. The lowest BCUT2D eigenvalue weighted by Crippen LogP contribution is -2.23. The lowest BCUT2D eigenvalue weighted by molar-refractivity contribution is 0.401. The average Bonchev–Trinajstić information content (AvgIpc) is 2.45. The van der Waals surface area contributed by atoms with Crippen molar-refractivity contribution in [2.75, 3.05) is 13.7 Å². The Bertz CT molecular complexity index is 592. The second-order valence-corrected chi connectivity index (χ2v) is 4.71. The summed E-state index contributed by atoms with van der Waals surface area (Å²) in [6.45, 7) is 2.66. The first kappa shape index (κ1) is 14.8. The van der Waals surface area contributed by atoms with Gasteiger partial charge in [-0.1, -0.05) is 24.6 Å². The van der Waals surface area contributed by atoms with E-state index < -0.39 is 0 Å². The minimum Gasteiger partial charge on any atom is -0.495 e. The number of ether oxygens (including phenoxy) is 1. The number of rotatable bonds is 5. The zero-order valence-electron chi connectivity index (χ0n) is 11.4. The molecule has 2 rings (SSSR count). The third-order valence-electron chi connectivity index (χ3n) is 3.03. The van der Waals surface area contributed by atoms with Gasteiger partial charge in [-0.3, -0.25) is 4.98 Å². The van der Waals surface area contributed by atoms with Crippen molar-refractivity contribution in [1.29, 1.82) is 0 Å². The maximum absolute atomic E-state index is 14.2. The first-order valence-corrected chi connectivity index (χ1v) is 6.71. The molecule has 3 nitrogen and oxygen atoms in total. The Morgan fingerprint density at radius 1 is 1.35 bits per heavy atom. The van der Waals surface area contributed by atoms with E-state index >= 15 is 0 Å². The van der Waals surface area contributed by atoms with Crippen molar-refractivity contribution in [2.45, 2.75) is 13.0 Å². The molecule has 0 saturated carbocycles. The summed E-state index contributed by atoms with van der Waals surface area (Å²) < 4.78 is 19.5. The monoisotopic (exact) mass is 294 g/mol. The molecule has 0 spiro atoms. The van der Waals surface area contributed by atoms with Crippen LogP contribution in [0.2, 0.25) is 5.02 Å². The molecule has 2 aromatic rings. The van der Waals surface area contributed by atoms with E-state index in [0.29, 0.717) is 22.9 Å². The Hall–Kier alpha value is -1.65. The number of hydrogen-bond donors (Lipinski definition) is 1. The van der Waals surface area contributed by atoms with Gasteiger partial charge in [0.25, 0.3) is 0 Å². The zero-order chi connectivity index (χ0) is 14.5. The van der Waals surface area contributed by atoms with Crippen molar-refractivity contribution in [2.24, 2.45) is 0 Å². The first-order chi connectivity index (χ1) is 9.67. The van der Waals surface area contributed by atoms with E-state index in [9.17, 15) is 4.39 Å². The molecular formula is C15H16ClFN2O. The first-order valence-electron chi connectivity index (χ1n) is 6.33. The van der Waals surface area contributed by atoms with E-state index in [1.165, 1.54) is 6.07 Å². The standard InChI is InChI=1S/C15H16ClFN2O/c1-3-19-15(11-5-4-10(16)8-13(11)17)12-6-7-18-9-14(12)20-2/h4-9,15,19H,3H2,1-2H3. The molecule has 0 amide bonds. The Balaban J connectivity index is 2.50. The summed E-state index contributed by atoms with van der Waals surface area (Å²) >= 11 is 5.81. The number of halogens is 2. The molecule has 0 bridgehead atoms. The fourth-order valence-electron chi connectivity index (χ4n) is 2.13. The second-order valence-electron chi connectivity index (χ2n) is 4.27. The van der Waals surface area contributed by atoms with Crippen molar-refractivity contribution >= 4 is 11.6 Å². The summed E-state index contributed by atoms with van der Waals surface area (Å²) in [4.78, 5) is 4.02. The summed E-state index contributed by atoms with van der Waals surface area (Å²) in [5.74, 6) is 0.273. The van der Waals surface area contributed by atoms with Crippen molar-refractivity contribution < 1.29 is 9.13 Å². The number of pyridine rings is 1. The van der Waals surface area contributed by atoms with Crippen LogP contribution in [0.15, 0.2) is 36.7 Å². The lowest BCUT2D eigenvalue weighted by Gasteiger charge is -2.21. The molecule has 1 unspecified atom stereocenters. The van der Waals surface area contributed by atoms with Gasteiger partial charge in [0.1, 0.15) is 11.6 Å². The van der Waals surface area contributed by atoms with Crippen LogP contribution in [0.5, 0.6) is 5.75 Å². The summed E-state index contributed by atoms with van der Waals surface area (Å²) in [6.07, 6.45) is 3.28. The van der Waals surface area contributed by atoms with E-state index in [1.54, 1.807) is 31.6 Å². The number of methoxy groups -OCH3 is 1. The highest BCUT2D eigenvalue weighted by atomic mass is 35.5. The van der Waals surface area contributed by atoms with Crippen LogP contribution in [0.4, 0.5) is 4.39 Å². The summed E-state index contributed by atoms with van der Waals surface area (Å²) in [7, 11) is 1.57. The van der Waals surface area contributed by atoms with Gasteiger partial charge in [-0.15, -0.1) is 0 Å². The molecule has 106 valence electrons. The van der Waals surface area contributed by atoms with Gasteiger partial charge in [0.2, 0.25) is 0 Å². The Morgan fingerprint density at radius 3 is 2.80 bits per heavy atom. The second kappa shape index (κ2) is 6.68. The van der Waals surface area contributed by atoms with E-state index in [0.717, 1.165) is 5.56 Å². The van der Waals surface area contributed by atoms with Crippen molar-refractivity contribution in [1.82, 2.24) is 10.3 Å². The molecule has 1 aromatic heterocycles. The van der Waals surface area contributed by atoms with Crippen LogP contribution in [0, 0.1) is 5.82 Å². The molecule has 0 aliphatic heterocycles. The maximum Gasteiger partial charge on any atom is 0.142 e. The molecule has 0 aliphatic carbocycles. The molecular weight excluding hydrogens is 279 g/mol. The van der Waals surface area contributed by atoms with Crippen LogP contribution in [0.1, 0.15) is 24.1 Å². The van der Waals surface area contributed by atoms with Gasteiger partial charge >= 0.3 is 0 Å². The number of aromatic nitrogens is 1. The van der Waals surface area contributed by atoms with Crippen LogP contribution >= 0.6 is 11.6 Å². The number of benzene rings is 1. The Labute approximate surface area is 122 Å². The van der Waals surface area contributed by atoms with Gasteiger partial charge in [0, 0.05) is 22.3 Å². The molecule has 1 N–H and O–H groups in total. The van der Waals surface area contributed by atoms with Gasteiger partial charge in [-0.25, -0.2) is 4.39 Å². The lowest BCUT2D eigenvalue weighted by atomic mass is 9.98. The average molecular weight is 295 g/mol. The fourth-order valence-corrected chi connectivity index (χ4v) is 2.29. The predicted molar refractivity (Wildman–Crippen MR) is 77.7 cm³/mol. The highest BCUT2D eigenvalue weighted by Gasteiger charge is 2.20. The largest absolute Gasteiger partial charge is 0.495 e. The Kier molecular flexibility index (Phi) is 4.93. The van der Waals surface area contributed by atoms with Crippen LogP contribution in [-0.4, -0.2) is 18.6 Å². The van der Waals surface area contributed by atoms with E-state index in [2.05, 4.69) is 10.3 Å². The molecule has 0 aliphatic rings.